The van der Waals surface area contributed by atoms with Gasteiger partial charge in [-0.3, -0.25) is 0 Å². The Hall–Kier alpha value is 0.140. The van der Waals surface area contributed by atoms with E-state index in [1.54, 1.807) is 0 Å². The highest BCUT2D eigenvalue weighted by Crippen LogP contribution is 2.10. The van der Waals surface area contributed by atoms with Crippen molar-refractivity contribution in [3.05, 3.63) is 10.6 Å². The second-order valence-electron chi connectivity index (χ2n) is 1.86. The molecule has 0 bridgehead atoms. The summed E-state index contributed by atoms with van der Waals surface area (Å²) in [6.07, 6.45) is 1.77. The molecule has 0 saturated carbocycles. The van der Waals surface area contributed by atoms with Crippen LogP contribution in [0.2, 0.25) is 0 Å². The van der Waals surface area contributed by atoms with Crippen molar-refractivity contribution < 1.29 is 9.47 Å². The van der Waals surface area contributed by atoms with E-state index in [0.29, 0.717) is 13.2 Å². The van der Waals surface area contributed by atoms with Crippen LogP contribution in [0.4, 0.5) is 0 Å². The Bertz CT molecular complexity index is 112. The molecule has 0 unspecified atom stereocenters. The second-order valence-corrected chi connectivity index (χ2v) is 3.11. The molecule has 1 saturated heterocycles. The fourth-order valence-corrected chi connectivity index (χ4v) is 0.876. The third kappa shape index (κ3) is 2.47. The van der Waals surface area contributed by atoms with Crippen LogP contribution in [0.15, 0.2) is 10.6 Å². The Balaban J connectivity index is 2.35. The summed E-state index contributed by atoms with van der Waals surface area (Å²) in [6, 6.07) is 0. The molecule has 0 aromatic heterocycles. The van der Waals surface area contributed by atoms with Gasteiger partial charge in [-0.15, -0.1) is 0 Å². The van der Waals surface area contributed by atoms with E-state index in [0.717, 1.165) is 4.48 Å². The molecule has 0 N–H and O–H groups in total. The van der Waals surface area contributed by atoms with E-state index in [-0.39, 0.29) is 6.29 Å². The van der Waals surface area contributed by atoms with Gasteiger partial charge in [0.05, 0.1) is 13.2 Å². The maximum atomic E-state index is 5.14. The first kappa shape index (κ1) is 7.25. The van der Waals surface area contributed by atoms with Gasteiger partial charge in [-0.1, -0.05) is 15.9 Å². The monoisotopic (exact) mass is 192 g/mol. The van der Waals surface area contributed by atoms with Crippen molar-refractivity contribution in [1.29, 1.82) is 0 Å². The minimum Gasteiger partial charge on any atom is -0.347 e. The van der Waals surface area contributed by atoms with Gasteiger partial charge < -0.3 is 9.47 Å². The van der Waals surface area contributed by atoms with Gasteiger partial charge in [-0.05, 0) is 17.5 Å². The smallest absolute Gasteiger partial charge is 0.178 e. The summed E-state index contributed by atoms with van der Waals surface area (Å²) in [5, 5.41) is 0. The molecular weight excluding hydrogens is 184 g/mol. The molecule has 1 heterocycles. The highest BCUT2D eigenvalue weighted by atomic mass is 79.9. The molecule has 1 rings (SSSR count). The number of allylic oxidation sites excluding steroid dienone is 1. The Morgan fingerprint density at radius 1 is 1.56 bits per heavy atom. The molecule has 0 aromatic carbocycles. The van der Waals surface area contributed by atoms with E-state index in [1.807, 2.05) is 13.0 Å². The summed E-state index contributed by atoms with van der Waals surface area (Å²) in [4.78, 5) is 0. The van der Waals surface area contributed by atoms with Crippen LogP contribution in [0.3, 0.4) is 0 Å². The summed E-state index contributed by atoms with van der Waals surface area (Å²) < 4.78 is 11.3. The lowest BCUT2D eigenvalue weighted by Gasteiger charge is -2.00. The predicted octanol–water partition coefficient (Wildman–Crippen LogP) is 1.66. The van der Waals surface area contributed by atoms with Crippen LogP contribution in [0.5, 0.6) is 0 Å². The number of rotatable bonds is 1. The highest BCUT2D eigenvalue weighted by molar-refractivity contribution is 9.11. The van der Waals surface area contributed by atoms with Crippen LogP contribution in [-0.4, -0.2) is 19.5 Å². The quantitative estimate of drug-likeness (QED) is 0.630. The van der Waals surface area contributed by atoms with Crippen molar-refractivity contribution in [2.45, 2.75) is 13.2 Å². The number of hydrogen-bond donors (Lipinski definition) is 0. The SMILES string of the molecule is C/C(Br)=C/C1OCCO1. The van der Waals surface area contributed by atoms with Crippen LogP contribution in [0, 0.1) is 0 Å². The summed E-state index contributed by atoms with van der Waals surface area (Å²) in [5.74, 6) is 0. The zero-order valence-electron chi connectivity index (χ0n) is 5.26. The lowest BCUT2D eigenvalue weighted by atomic mass is 10.5. The number of hydrogen-bond acceptors (Lipinski definition) is 2. The van der Waals surface area contributed by atoms with Gasteiger partial charge in [-0.25, -0.2) is 0 Å². The van der Waals surface area contributed by atoms with Crippen molar-refractivity contribution in [3.63, 3.8) is 0 Å². The van der Waals surface area contributed by atoms with E-state index in [9.17, 15) is 0 Å². The molecule has 3 heteroatoms. The summed E-state index contributed by atoms with van der Waals surface area (Å²) in [7, 11) is 0. The highest BCUT2D eigenvalue weighted by Gasteiger charge is 2.11. The van der Waals surface area contributed by atoms with Crippen LogP contribution in [0.1, 0.15) is 6.92 Å². The standard InChI is InChI=1S/C6H9BrO2/c1-5(7)4-6-8-2-3-9-6/h4,6H,2-3H2,1H3/b5-4-. The zero-order chi connectivity index (χ0) is 6.69. The molecule has 0 spiro atoms. The molecular formula is C6H9BrO2. The fourth-order valence-electron chi connectivity index (χ4n) is 0.660. The molecule has 9 heavy (non-hydrogen) atoms. The van der Waals surface area contributed by atoms with Crippen LogP contribution in [0.25, 0.3) is 0 Å². The third-order valence-corrected chi connectivity index (χ3v) is 1.28. The van der Waals surface area contributed by atoms with Crippen LogP contribution in [-0.2, 0) is 9.47 Å². The maximum Gasteiger partial charge on any atom is 0.178 e. The predicted molar refractivity (Wildman–Crippen MR) is 38.4 cm³/mol. The van der Waals surface area contributed by atoms with E-state index in [2.05, 4.69) is 15.9 Å². The maximum absolute atomic E-state index is 5.14. The molecule has 0 aliphatic carbocycles. The Kier molecular flexibility index (Phi) is 2.69. The van der Waals surface area contributed by atoms with Gasteiger partial charge in [0, 0.05) is 0 Å². The molecule has 1 fully saturated rings. The Morgan fingerprint density at radius 3 is 2.56 bits per heavy atom. The van der Waals surface area contributed by atoms with Crippen molar-refractivity contribution in [2.24, 2.45) is 0 Å². The van der Waals surface area contributed by atoms with Gasteiger partial charge in [0.15, 0.2) is 6.29 Å². The van der Waals surface area contributed by atoms with E-state index in [1.165, 1.54) is 0 Å². The summed E-state index contributed by atoms with van der Waals surface area (Å²) >= 11 is 3.29. The van der Waals surface area contributed by atoms with Gasteiger partial charge in [0.1, 0.15) is 0 Å². The first-order valence-corrected chi connectivity index (χ1v) is 3.65. The van der Waals surface area contributed by atoms with Crippen LogP contribution >= 0.6 is 15.9 Å². The summed E-state index contributed by atoms with van der Waals surface area (Å²) in [5.41, 5.74) is 0. The molecule has 1 aliphatic rings. The molecule has 1 aliphatic heterocycles. The first-order valence-electron chi connectivity index (χ1n) is 2.86. The average Bonchev–Trinajstić information content (AvgIpc) is 2.15. The largest absolute Gasteiger partial charge is 0.347 e. The molecule has 0 atom stereocenters. The van der Waals surface area contributed by atoms with Gasteiger partial charge >= 0.3 is 0 Å². The van der Waals surface area contributed by atoms with Crippen molar-refractivity contribution in [2.75, 3.05) is 13.2 Å². The van der Waals surface area contributed by atoms with Gasteiger partial charge in [0.25, 0.3) is 0 Å². The molecule has 2 nitrogen and oxygen atoms in total. The Morgan fingerprint density at radius 2 is 2.11 bits per heavy atom. The molecule has 0 aromatic rings. The molecule has 0 radical (unpaired) electrons. The molecule has 0 amide bonds. The minimum absolute atomic E-state index is 0.121. The summed E-state index contributed by atoms with van der Waals surface area (Å²) in [6.45, 7) is 3.37. The van der Waals surface area contributed by atoms with Gasteiger partial charge in [-0.2, -0.15) is 0 Å². The Labute approximate surface area is 63.0 Å². The van der Waals surface area contributed by atoms with E-state index >= 15 is 0 Å². The van der Waals surface area contributed by atoms with Crippen molar-refractivity contribution >= 4 is 15.9 Å². The van der Waals surface area contributed by atoms with Crippen molar-refractivity contribution in [1.82, 2.24) is 0 Å². The average molecular weight is 193 g/mol. The lowest BCUT2D eigenvalue weighted by molar-refractivity contribution is -0.00174. The van der Waals surface area contributed by atoms with Crippen molar-refractivity contribution in [3.8, 4) is 0 Å². The number of ether oxygens (including phenoxy) is 2. The first-order chi connectivity index (χ1) is 4.29. The second kappa shape index (κ2) is 3.34. The third-order valence-electron chi connectivity index (χ3n) is 1.01. The topological polar surface area (TPSA) is 18.5 Å². The molecule has 52 valence electrons. The lowest BCUT2D eigenvalue weighted by Crippen LogP contribution is -2.01. The number of halogens is 1. The fraction of sp³-hybridized carbons (Fsp3) is 0.667. The van der Waals surface area contributed by atoms with Crippen LogP contribution < -0.4 is 0 Å². The van der Waals surface area contributed by atoms with Gasteiger partial charge in [0.2, 0.25) is 0 Å². The minimum atomic E-state index is -0.121. The van der Waals surface area contributed by atoms with E-state index < -0.39 is 0 Å². The zero-order valence-corrected chi connectivity index (χ0v) is 6.85. The van der Waals surface area contributed by atoms with E-state index in [4.69, 9.17) is 9.47 Å². The normalized spacial score (nSPS) is 23.1.